The molecular weight excluding hydrogens is 254 g/mol. The van der Waals surface area contributed by atoms with Gasteiger partial charge in [0.2, 0.25) is 11.2 Å². The first-order valence-electron chi connectivity index (χ1n) is 6.17. The van der Waals surface area contributed by atoms with Crippen LogP contribution in [0.2, 0.25) is 5.28 Å². The van der Waals surface area contributed by atoms with Crippen molar-refractivity contribution in [2.45, 2.75) is 25.8 Å². The number of nitrogens with one attached hydrogen (secondary N) is 1. The molecule has 7 heteroatoms. The van der Waals surface area contributed by atoms with E-state index in [1.54, 1.807) is 0 Å². The Balaban J connectivity index is 2.00. The molecule has 1 N–H and O–H groups in total. The molecule has 1 atom stereocenters. The second-order valence-electron chi connectivity index (χ2n) is 4.45. The Hall–Kier alpha value is -1.14. The van der Waals surface area contributed by atoms with Crippen LogP contribution in [0.3, 0.4) is 0 Å². The average molecular weight is 272 g/mol. The molecule has 1 aromatic rings. The van der Waals surface area contributed by atoms with Gasteiger partial charge in [0, 0.05) is 12.6 Å². The highest BCUT2D eigenvalue weighted by Crippen LogP contribution is 2.15. The summed E-state index contributed by atoms with van der Waals surface area (Å²) in [6.45, 7) is 4.66. The van der Waals surface area contributed by atoms with Crippen LogP contribution < -0.4 is 10.1 Å². The number of hydrogen-bond donors (Lipinski definition) is 1. The third-order valence-electron chi connectivity index (χ3n) is 2.75. The minimum Gasteiger partial charge on any atom is -0.463 e. The Morgan fingerprint density at radius 3 is 2.94 bits per heavy atom. The molecule has 0 aliphatic carbocycles. The lowest BCUT2D eigenvalue weighted by Gasteiger charge is -2.13. The normalized spacial score (nSPS) is 20.1. The molecule has 1 fully saturated rings. The van der Waals surface area contributed by atoms with Crippen molar-refractivity contribution in [3.63, 3.8) is 0 Å². The van der Waals surface area contributed by atoms with Crippen molar-refractivity contribution in [3.05, 3.63) is 5.28 Å². The van der Waals surface area contributed by atoms with Crippen molar-refractivity contribution >= 4 is 17.5 Å². The summed E-state index contributed by atoms with van der Waals surface area (Å²) in [4.78, 5) is 14.5. The number of ether oxygens (including phenoxy) is 1. The quantitative estimate of drug-likeness (QED) is 0.874. The molecule has 0 aromatic carbocycles. The van der Waals surface area contributed by atoms with Crippen molar-refractivity contribution in [1.29, 1.82) is 0 Å². The lowest BCUT2D eigenvalue weighted by Crippen LogP contribution is -2.24. The summed E-state index contributed by atoms with van der Waals surface area (Å²) in [5.74, 6) is 0.487. The van der Waals surface area contributed by atoms with Gasteiger partial charge >= 0.3 is 6.01 Å². The topological polar surface area (TPSA) is 63.2 Å². The molecule has 1 unspecified atom stereocenters. The molecule has 6 nitrogen and oxygen atoms in total. The lowest BCUT2D eigenvalue weighted by atomic mass is 10.3. The van der Waals surface area contributed by atoms with Crippen LogP contribution >= 0.6 is 11.6 Å². The molecule has 18 heavy (non-hydrogen) atoms. The zero-order chi connectivity index (χ0) is 13.0. The predicted molar refractivity (Wildman–Crippen MR) is 70.1 cm³/mol. The lowest BCUT2D eigenvalue weighted by molar-refractivity contribution is 0.291. The summed E-state index contributed by atoms with van der Waals surface area (Å²) in [5, 5.41) is 3.42. The number of hydrogen-bond acceptors (Lipinski definition) is 6. The first-order chi connectivity index (χ1) is 8.67. The fourth-order valence-electron chi connectivity index (χ4n) is 1.89. The maximum absolute atomic E-state index is 5.85. The Morgan fingerprint density at radius 2 is 2.28 bits per heavy atom. The largest absolute Gasteiger partial charge is 0.463 e. The molecule has 1 saturated heterocycles. The number of aromatic nitrogens is 3. The van der Waals surface area contributed by atoms with E-state index >= 15 is 0 Å². The van der Waals surface area contributed by atoms with Gasteiger partial charge in [-0.2, -0.15) is 15.0 Å². The van der Waals surface area contributed by atoms with Gasteiger partial charge in [-0.3, -0.25) is 0 Å². The second kappa shape index (κ2) is 6.15. The molecule has 1 aromatic heterocycles. The van der Waals surface area contributed by atoms with Crippen molar-refractivity contribution in [2.75, 3.05) is 32.1 Å². The van der Waals surface area contributed by atoms with Crippen LogP contribution in [-0.4, -0.2) is 52.6 Å². The van der Waals surface area contributed by atoms with Gasteiger partial charge in [-0.05, 0) is 38.0 Å². The van der Waals surface area contributed by atoms with Gasteiger partial charge in [0.25, 0.3) is 0 Å². The zero-order valence-electron chi connectivity index (χ0n) is 10.7. The molecule has 0 amide bonds. The van der Waals surface area contributed by atoms with Gasteiger partial charge in [0.15, 0.2) is 0 Å². The number of halogens is 1. The van der Waals surface area contributed by atoms with E-state index in [1.807, 2.05) is 6.92 Å². The molecule has 0 spiro atoms. The van der Waals surface area contributed by atoms with E-state index in [-0.39, 0.29) is 11.3 Å². The smallest absolute Gasteiger partial charge is 0.322 e. The van der Waals surface area contributed by atoms with Crippen molar-refractivity contribution in [1.82, 2.24) is 19.9 Å². The van der Waals surface area contributed by atoms with E-state index in [0.717, 1.165) is 25.9 Å². The van der Waals surface area contributed by atoms with Crippen LogP contribution in [0.4, 0.5) is 5.95 Å². The van der Waals surface area contributed by atoms with Crippen molar-refractivity contribution < 1.29 is 4.74 Å². The number of rotatable bonds is 5. The first-order valence-corrected chi connectivity index (χ1v) is 6.54. The van der Waals surface area contributed by atoms with E-state index in [0.29, 0.717) is 18.6 Å². The number of nitrogens with zero attached hydrogens (tertiary/aromatic N) is 4. The number of likely N-dealkylation sites (tertiary alicyclic amines) is 1. The highest BCUT2D eigenvalue weighted by atomic mass is 35.5. The Bertz CT molecular complexity index is 403. The van der Waals surface area contributed by atoms with Crippen LogP contribution in [0.15, 0.2) is 0 Å². The summed E-state index contributed by atoms with van der Waals surface area (Å²) < 4.78 is 5.37. The van der Waals surface area contributed by atoms with E-state index in [4.69, 9.17) is 16.3 Å². The first kappa shape index (κ1) is 13.3. The summed E-state index contributed by atoms with van der Waals surface area (Å²) >= 11 is 5.85. The standard InChI is InChI=1S/C11H18ClN5O/c1-3-6-18-11-15-9(12)14-10(16-11)13-8-4-5-17(2)7-8/h8H,3-7H2,1-2H3,(H,13,14,15,16). The average Bonchev–Trinajstić information content (AvgIpc) is 2.71. The molecule has 2 heterocycles. The van der Waals surface area contributed by atoms with Gasteiger partial charge < -0.3 is 15.0 Å². The van der Waals surface area contributed by atoms with Gasteiger partial charge in [0.05, 0.1) is 6.61 Å². The molecule has 0 saturated carbocycles. The Kier molecular flexibility index (Phi) is 4.54. The maximum Gasteiger partial charge on any atom is 0.322 e. The monoisotopic (exact) mass is 271 g/mol. The summed E-state index contributed by atoms with van der Waals surface area (Å²) in [6.07, 6.45) is 1.98. The third-order valence-corrected chi connectivity index (χ3v) is 2.92. The second-order valence-corrected chi connectivity index (χ2v) is 4.79. The molecule has 1 aliphatic rings. The van der Waals surface area contributed by atoms with Crippen molar-refractivity contribution in [3.8, 4) is 6.01 Å². The fraction of sp³-hybridized carbons (Fsp3) is 0.727. The highest BCUT2D eigenvalue weighted by molar-refractivity contribution is 6.28. The van der Waals surface area contributed by atoms with Gasteiger partial charge in [-0.1, -0.05) is 6.92 Å². The minimum atomic E-state index is 0.157. The molecule has 1 aliphatic heterocycles. The zero-order valence-corrected chi connectivity index (χ0v) is 11.4. The van der Waals surface area contributed by atoms with Crippen LogP contribution in [0.5, 0.6) is 6.01 Å². The summed E-state index contributed by atoms with van der Waals surface area (Å²) in [7, 11) is 2.10. The third kappa shape index (κ3) is 3.68. The van der Waals surface area contributed by atoms with E-state index < -0.39 is 0 Å². The van der Waals surface area contributed by atoms with Crippen LogP contribution in [0, 0.1) is 0 Å². The van der Waals surface area contributed by atoms with E-state index in [9.17, 15) is 0 Å². The summed E-state index contributed by atoms with van der Waals surface area (Å²) in [5.41, 5.74) is 0. The number of anilines is 1. The van der Waals surface area contributed by atoms with Gasteiger partial charge in [0.1, 0.15) is 0 Å². The fourth-order valence-corrected chi connectivity index (χ4v) is 2.04. The number of likely N-dealkylation sites (N-methyl/N-ethyl adjacent to an activating group) is 1. The Morgan fingerprint density at radius 1 is 1.44 bits per heavy atom. The molecule has 2 rings (SSSR count). The van der Waals surface area contributed by atoms with Crippen LogP contribution in [0.25, 0.3) is 0 Å². The summed E-state index contributed by atoms with van der Waals surface area (Å²) in [6, 6.07) is 0.637. The molecule has 0 bridgehead atoms. The van der Waals surface area contributed by atoms with Gasteiger partial charge in [-0.15, -0.1) is 0 Å². The van der Waals surface area contributed by atoms with E-state index in [1.165, 1.54) is 0 Å². The molecule has 0 radical (unpaired) electrons. The SMILES string of the molecule is CCCOc1nc(Cl)nc(NC2CCN(C)C2)n1. The molecular formula is C11H18ClN5O. The predicted octanol–water partition coefficient (Wildman–Crippen LogP) is 1.43. The van der Waals surface area contributed by atoms with Gasteiger partial charge in [-0.25, -0.2) is 0 Å². The van der Waals surface area contributed by atoms with Crippen molar-refractivity contribution in [2.24, 2.45) is 0 Å². The van der Waals surface area contributed by atoms with Crippen LogP contribution in [0.1, 0.15) is 19.8 Å². The van der Waals surface area contributed by atoms with E-state index in [2.05, 4.69) is 32.2 Å². The molecule has 100 valence electrons. The van der Waals surface area contributed by atoms with Crippen LogP contribution in [-0.2, 0) is 0 Å². The minimum absolute atomic E-state index is 0.157. The maximum atomic E-state index is 5.85. The Labute approximate surface area is 112 Å². The highest BCUT2D eigenvalue weighted by Gasteiger charge is 2.20.